The Morgan fingerprint density at radius 3 is 2.90 bits per heavy atom. The number of nitrogens with one attached hydrogen (secondary N) is 1. The van der Waals surface area contributed by atoms with Crippen LogP contribution in [0.15, 0.2) is 49.1 Å². The standard InChI is InChI=1S/C21H23N7O/c1-14-8-10-28(26-14)20-12-16(7-9-22-20)27-13-23-18-5-6-19(25-21(18)27)24-15-3-2-4-17(29)11-15/h5-10,12-13,15,17,29H,2-4,11H2,1H3,(H,24,25)/t15-,17-/m1/s1. The molecule has 0 bridgehead atoms. The van der Waals surface area contributed by atoms with Crippen molar-refractivity contribution < 1.29 is 5.11 Å². The molecule has 0 saturated heterocycles. The average Bonchev–Trinajstić information content (AvgIpc) is 3.34. The Morgan fingerprint density at radius 1 is 1.14 bits per heavy atom. The van der Waals surface area contributed by atoms with Crippen LogP contribution in [-0.2, 0) is 0 Å². The van der Waals surface area contributed by atoms with Crippen LogP contribution in [0.5, 0.6) is 0 Å². The lowest BCUT2D eigenvalue weighted by Crippen LogP contribution is -2.30. The monoisotopic (exact) mass is 389 g/mol. The minimum Gasteiger partial charge on any atom is -0.393 e. The summed E-state index contributed by atoms with van der Waals surface area (Å²) in [5.74, 6) is 1.54. The zero-order chi connectivity index (χ0) is 19.8. The number of aliphatic hydroxyl groups is 1. The smallest absolute Gasteiger partial charge is 0.166 e. The second kappa shape index (κ2) is 7.29. The first-order valence-corrected chi connectivity index (χ1v) is 9.93. The van der Waals surface area contributed by atoms with Crippen LogP contribution in [0, 0.1) is 6.92 Å². The molecular weight excluding hydrogens is 366 g/mol. The molecule has 8 nitrogen and oxygen atoms in total. The van der Waals surface area contributed by atoms with Gasteiger partial charge in [0.15, 0.2) is 11.5 Å². The molecule has 4 aromatic heterocycles. The lowest BCUT2D eigenvalue weighted by Gasteiger charge is -2.27. The van der Waals surface area contributed by atoms with E-state index < -0.39 is 0 Å². The van der Waals surface area contributed by atoms with Crippen LogP contribution in [0.25, 0.3) is 22.7 Å². The first kappa shape index (κ1) is 17.8. The fourth-order valence-electron chi connectivity index (χ4n) is 3.89. The van der Waals surface area contributed by atoms with Crippen LogP contribution in [0.3, 0.4) is 0 Å². The van der Waals surface area contributed by atoms with E-state index in [-0.39, 0.29) is 12.1 Å². The Bertz CT molecular complexity index is 1150. The highest BCUT2D eigenvalue weighted by molar-refractivity contribution is 5.75. The summed E-state index contributed by atoms with van der Waals surface area (Å²) in [6, 6.07) is 10.0. The van der Waals surface area contributed by atoms with Crippen molar-refractivity contribution in [3.8, 4) is 11.5 Å². The fourth-order valence-corrected chi connectivity index (χ4v) is 3.89. The zero-order valence-electron chi connectivity index (χ0n) is 16.2. The Kier molecular flexibility index (Phi) is 4.48. The summed E-state index contributed by atoms with van der Waals surface area (Å²) in [5, 5.41) is 17.8. The van der Waals surface area contributed by atoms with Gasteiger partial charge in [0.05, 0.1) is 17.5 Å². The molecule has 0 spiro atoms. The van der Waals surface area contributed by atoms with E-state index in [1.165, 1.54) is 0 Å². The van der Waals surface area contributed by atoms with Gasteiger partial charge in [0.25, 0.3) is 0 Å². The van der Waals surface area contributed by atoms with Crippen LogP contribution in [0.4, 0.5) is 5.82 Å². The summed E-state index contributed by atoms with van der Waals surface area (Å²) >= 11 is 0. The predicted molar refractivity (Wildman–Crippen MR) is 110 cm³/mol. The molecule has 0 unspecified atom stereocenters. The molecule has 0 aromatic carbocycles. The van der Waals surface area contributed by atoms with Gasteiger partial charge >= 0.3 is 0 Å². The van der Waals surface area contributed by atoms with Gasteiger partial charge in [-0.15, -0.1) is 0 Å². The predicted octanol–water partition coefficient (Wildman–Crippen LogP) is 3.03. The Labute approximate surface area is 168 Å². The topological polar surface area (TPSA) is 93.7 Å². The maximum Gasteiger partial charge on any atom is 0.166 e. The first-order valence-electron chi connectivity index (χ1n) is 9.93. The summed E-state index contributed by atoms with van der Waals surface area (Å²) in [6.45, 7) is 1.95. The van der Waals surface area contributed by atoms with Gasteiger partial charge in [-0.3, -0.25) is 4.57 Å². The second-order valence-electron chi connectivity index (χ2n) is 7.59. The van der Waals surface area contributed by atoms with Crippen molar-refractivity contribution in [3.05, 3.63) is 54.7 Å². The summed E-state index contributed by atoms with van der Waals surface area (Å²) in [6.07, 6.45) is 8.94. The van der Waals surface area contributed by atoms with Gasteiger partial charge in [-0.25, -0.2) is 19.6 Å². The zero-order valence-corrected chi connectivity index (χ0v) is 16.2. The summed E-state index contributed by atoms with van der Waals surface area (Å²) in [7, 11) is 0. The van der Waals surface area contributed by atoms with Gasteiger partial charge in [0.1, 0.15) is 17.7 Å². The molecule has 1 aliphatic rings. The number of nitrogens with zero attached hydrogens (tertiary/aromatic N) is 6. The Morgan fingerprint density at radius 2 is 2.07 bits per heavy atom. The van der Waals surface area contributed by atoms with Gasteiger partial charge in [-0.2, -0.15) is 5.10 Å². The van der Waals surface area contributed by atoms with E-state index in [1.807, 2.05) is 48.0 Å². The largest absolute Gasteiger partial charge is 0.393 e. The SMILES string of the molecule is Cc1ccn(-c2cc(-n3cnc4ccc(N[C@@H]5CCC[C@@H](O)C5)nc43)ccn2)n1. The molecule has 0 amide bonds. The number of fused-ring (bicyclic) bond motifs is 1. The van der Waals surface area contributed by atoms with E-state index in [1.54, 1.807) is 17.2 Å². The van der Waals surface area contributed by atoms with Crippen molar-refractivity contribution in [1.82, 2.24) is 29.3 Å². The molecule has 1 aliphatic carbocycles. The van der Waals surface area contributed by atoms with Crippen molar-refractivity contribution in [3.63, 3.8) is 0 Å². The molecule has 1 fully saturated rings. The number of hydrogen-bond donors (Lipinski definition) is 2. The minimum absolute atomic E-state index is 0.225. The van der Waals surface area contributed by atoms with Crippen molar-refractivity contribution in [2.45, 2.75) is 44.8 Å². The molecule has 2 atom stereocenters. The quantitative estimate of drug-likeness (QED) is 0.557. The molecule has 4 heterocycles. The van der Waals surface area contributed by atoms with E-state index in [0.717, 1.165) is 59.9 Å². The lowest BCUT2D eigenvalue weighted by atomic mass is 9.93. The molecule has 5 rings (SSSR count). The lowest BCUT2D eigenvalue weighted by molar-refractivity contribution is 0.124. The van der Waals surface area contributed by atoms with E-state index >= 15 is 0 Å². The van der Waals surface area contributed by atoms with Gasteiger partial charge in [-0.1, -0.05) is 0 Å². The molecule has 148 valence electrons. The van der Waals surface area contributed by atoms with Crippen LogP contribution in [-0.4, -0.2) is 46.6 Å². The average molecular weight is 389 g/mol. The first-order chi connectivity index (χ1) is 14.2. The Hall–Kier alpha value is -3.26. The van der Waals surface area contributed by atoms with E-state index in [9.17, 15) is 5.11 Å². The molecule has 0 aliphatic heterocycles. The number of hydrogen-bond acceptors (Lipinski definition) is 6. The fraction of sp³-hybridized carbons (Fsp3) is 0.333. The summed E-state index contributed by atoms with van der Waals surface area (Å²) in [5.41, 5.74) is 3.46. The normalized spacial score (nSPS) is 19.5. The maximum atomic E-state index is 9.92. The molecule has 8 heteroatoms. The van der Waals surface area contributed by atoms with Gasteiger partial charge in [0, 0.05) is 24.5 Å². The number of aromatic nitrogens is 6. The highest BCUT2D eigenvalue weighted by Gasteiger charge is 2.20. The van der Waals surface area contributed by atoms with Crippen molar-refractivity contribution in [2.75, 3.05) is 5.32 Å². The number of aryl methyl sites for hydroxylation is 1. The van der Waals surface area contributed by atoms with Gasteiger partial charge in [0.2, 0.25) is 0 Å². The minimum atomic E-state index is -0.225. The van der Waals surface area contributed by atoms with E-state index in [4.69, 9.17) is 4.98 Å². The third kappa shape index (κ3) is 3.58. The number of rotatable bonds is 4. The Balaban J connectivity index is 1.47. The third-order valence-corrected chi connectivity index (χ3v) is 5.36. The summed E-state index contributed by atoms with van der Waals surface area (Å²) in [4.78, 5) is 13.7. The number of pyridine rings is 2. The van der Waals surface area contributed by atoms with Crippen molar-refractivity contribution >= 4 is 17.0 Å². The highest BCUT2D eigenvalue weighted by Crippen LogP contribution is 2.24. The molecule has 1 saturated carbocycles. The molecule has 29 heavy (non-hydrogen) atoms. The van der Waals surface area contributed by atoms with Crippen LogP contribution in [0.2, 0.25) is 0 Å². The van der Waals surface area contributed by atoms with Crippen molar-refractivity contribution in [2.24, 2.45) is 0 Å². The molecular formula is C21H23N7O. The van der Waals surface area contributed by atoms with E-state index in [2.05, 4.69) is 20.4 Å². The number of anilines is 1. The van der Waals surface area contributed by atoms with Crippen molar-refractivity contribution in [1.29, 1.82) is 0 Å². The van der Waals surface area contributed by atoms with Crippen LogP contribution >= 0.6 is 0 Å². The van der Waals surface area contributed by atoms with Gasteiger partial charge in [-0.05, 0) is 56.9 Å². The van der Waals surface area contributed by atoms with E-state index in [0.29, 0.717) is 0 Å². The second-order valence-corrected chi connectivity index (χ2v) is 7.59. The summed E-state index contributed by atoms with van der Waals surface area (Å²) < 4.78 is 3.71. The molecule has 0 radical (unpaired) electrons. The number of imidazole rings is 1. The maximum absolute atomic E-state index is 9.92. The molecule has 2 N–H and O–H groups in total. The van der Waals surface area contributed by atoms with Crippen LogP contribution < -0.4 is 5.32 Å². The third-order valence-electron chi connectivity index (χ3n) is 5.36. The number of aliphatic hydroxyl groups excluding tert-OH is 1. The molecule has 4 aromatic rings. The van der Waals surface area contributed by atoms with Gasteiger partial charge < -0.3 is 10.4 Å². The van der Waals surface area contributed by atoms with Crippen LogP contribution in [0.1, 0.15) is 31.4 Å². The highest BCUT2D eigenvalue weighted by atomic mass is 16.3.